The molecule has 0 saturated carbocycles. The highest BCUT2D eigenvalue weighted by atomic mass is 19.4. The van der Waals surface area contributed by atoms with E-state index in [4.69, 9.17) is 0 Å². The summed E-state index contributed by atoms with van der Waals surface area (Å²) in [6.45, 7) is 2.00. The number of halogens is 6. The topological polar surface area (TPSA) is 43.6 Å². The molecule has 2 aromatic heterocycles. The van der Waals surface area contributed by atoms with Gasteiger partial charge in [-0.3, -0.25) is 4.98 Å². The van der Waals surface area contributed by atoms with Crippen molar-refractivity contribution >= 4 is 12.2 Å². The first kappa shape index (κ1) is 24.2. The number of hydrogen-bond donors (Lipinski definition) is 0. The van der Waals surface area contributed by atoms with Crippen LogP contribution in [0.15, 0.2) is 67.0 Å². The number of nitrogens with zero attached hydrogens (tertiary/aromatic N) is 4. The van der Waals surface area contributed by atoms with E-state index in [1.165, 1.54) is 6.08 Å². The highest BCUT2D eigenvalue weighted by molar-refractivity contribution is 5.69. The molecule has 2 aromatic carbocycles. The average molecular weight is 488 g/mol. The minimum absolute atomic E-state index is 0.0947. The van der Waals surface area contributed by atoms with Gasteiger partial charge in [0.05, 0.1) is 17.7 Å². The third-order valence-electron chi connectivity index (χ3n) is 5.32. The molecular formula is C25H18F6N4. The predicted octanol–water partition coefficient (Wildman–Crippen LogP) is 6.90. The molecule has 180 valence electrons. The van der Waals surface area contributed by atoms with Crippen molar-refractivity contribution in [2.24, 2.45) is 0 Å². The van der Waals surface area contributed by atoms with E-state index >= 15 is 0 Å². The molecule has 0 spiro atoms. The van der Waals surface area contributed by atoms with Crippen LogP contribution in [0.2, 0.25) is 0 Å². The fourth-order valence-electron chi connectivity index (χ4n) is 3.58. The van der Waals surface area contributed by atoms with Crippen molar-refractivity contribution in [1.29, 1.82) is 0 Å². The Bertz CT molecular complexity index is 1320. The molecule has 0 aliphatic rings. The summed E-state index contributed by atoms with van der Waals surface area (Å²) in [5.74, 6) is 0.795. The molecule has 0 atom stereocenters. The molecule has 4 nitrogen and oxygen atoms in total. The second-order valence-electron chi connectivity index (χ2n) is 7.76. The minimum atomic E-state index is -4.92. The van der Waals surface area contributed by atoms with E-state index in [1.807, 2.05) is 36.4 Å². The standard InChI is InChI=1S/C25H18F6N4/c1-16-33-34-23(8-7-17-11-20(24(26,27)28)13-21(12-17)25(29,30)31)35(16)15-19-14-32-10-9-22(19)18-5-3-2-4-6-18/h2-14H,15H2,1H3. The van der Waals surface area contributed by atoms with Gasteiger partial charge in [-0.1, -0.05) is 36.4 Å². The van der Waals surface area contributed by atoms with Crippen LogP contribution in [0.25, 0.3) is 23.3 Å². The Labute approximate surface area is 196 Å². The van der Waals surface area contributed by atoms with Crippen molar-refractivity contribution in [2.45, 2.75) is 25.8 Å². The summed E-state index contributed by atoms with van der Waals surface area (Å²) in [6.07, 6.45) is -3.99. The number of rotatable bonds is 5. The summed E-state index contributed by atoms with van der Waals surface area (Å²) in [5.41, 5.74) is -0.284. The van der Waals surface area contributed by atoms with Gasteiger partial charge in [0.25, 0.3) is 0 Å². The number of hydrogen-bond acceptors (Lipinski definition) is 3. The predicted molar refractivity (Wildman–Crippen MR) is 119 cm³/mol. The van der Waals surface area contributed by atoms with E-state index in [2.05, 4.69) is 15.2 Å². The SMILES string of the molecule is Cc1nnc(C=Cc2cc(C(F)(F)F)cc(C(F)(F)F)c2)n1Cc1cnccc1-c1ccccc1. The first-order chi connectivity index (χ1) is 16.5. The number of pyridine rings is 1. The van der Waals surface area contributed by atoms with Gasteiger partial charge in [0, 0.05) is 12.4 Å². The lowest BCUT2D eigenvalue weighted by atomic mass is 10.0. The highest BCUT2D eigenvalue weighted by Crippen LogP contribution is 2.36. The summed E-state index contributed by atoms with van der Waals surface area (Å²) >= 11 is 0. The number of alkyl halides is 6. The number of benzene rings is 2. The van der Waals surface area contributed by atoms with Crippen LogP contribution in [-0.2, 0) is 18.9 Å². The molecule has 0 aliphatic heterocycles. The van der Waals surface area contributed by atoms with Crippen molar-refractivity contribution in [3.05, 3.63) is 101 Å². The maximum absolute atomic E-state index is 13.2. The molecule has 0 N–H and O–H groups in total. The first-order valence-corrected chi connectivity index (χ1v) is 10.4. The zero-order valence-corrected chi connectivity index (χ0v) is 18.3. The second kappa shape index (κ2) is 9.36. The van der Waals surface area contributed by atoms with Crippen LogP contribution in [0.1, 0.15) is 33.9 Å². The van der Waals surface area contributed by atoms with Gasteiger partial charge in [-0.2, -0.15) is 26.3 Å². The van der Waals surface area contributed by atoms with Gasteiger partial charge >= 0.3 is 12.4 Å². The summed E-state index contributed by atoms with van der Waals surface area (Å²) in [7, 11) is 0. The number of aryl methyl sites for hydroxylation is 1. The lowest BCUT2D eigenvalue weighted by Gasteiger charge is -2.13. The van der Waals surface area contributed by atoms with E-state index in [1.54, 1.807) is 23.9 Å². The molecule has 0 radical (unpaired) electrons. The second-order valence-corrected chi connectivity index (χ2v) is 7.76. The molecule has 4 rings (SSSR count). The molecule has 10 heteroatoms. The molecule has 0 unspecified atom stereocenters. The highest BCUT2D eigenvalue weighted by Gasteiger charge is 2.36. The van der Waals surface area contributed by atoms with Gasteiger partial charge < -0.3 is 4.57 Å². The molecule has 35 heavy (non-hydrogen) atoms. The van der Waals surface area contributed by atoms with Gasteiger partial charge in [-0.25, -0.2) is 0 Å². The van der Waals surface area contributed by atoms with Gasteiger partial charge in [0.1, 0.15) is 5.82 Å². The first-order valence-electron chi connectivity index (χ1n) is 10.4. The fraction of sp³-hybridized carbons (Fsp3) is 0.160. The zero-order valence-electron chi connectivity index (χ0n) is 18.3. The lowest BCUT2D eigenvalue weighted by molar-refractivity contribution is -0.143. The molecule has 2 heterocycles. The zero-order chi connectivity index (χ0) is 25.2. The smallest absolute Gasteiger partial charge is 0.307 e. The van der Waals surface area contributed by atoms with Crippen LogP contribution in [0, 0.1) is 6.92 Å². The maximum Gasteiger partial charge on any atom is 0.416 e. The quantitative estimate of drug-likeness (QED) is 0.287. The Morgan fingerprint density at radius 3 is 2.11 bits per heavy atom. The third-order valence-corrected chi connectivity index (χ3v) is 5.32. The van der Waals surface area contributed by atoms with Crippen LogP contribution in [0.4, 0.5) is 26.3 Å². The molecule has 4 aromatic rings. The van der Waals surface area contributed by atoms with Crippen molar-refractivity contribution in [3.63, 3.8) is 0 Å². The van der Waals surface area contributed by atoms with Crippen molar-refractivity contribution in [3.8, 4) is 11.1 Å². The summed E-state index contributed by atoms with van der Waals surface area (Å²) < 4.78 is 80.7. The molecule has 0 bridgehead atoms. The minimum Gasteiger partial charge on any atom is -0.307 e. The Balaban J connectivity index is 1.69. The van der Waals surface area contributed by atoms with E-state index in [0.717, 1.165) is 22.8 Å². The van der Waals surface area contributed by atoms with Crippen LogP contribution in [-0.4, -0.2) is 19.7 Å². The van der Waals surface area contributed by atoms with E-state index in [9.17, 15) is 26.3 Å². The summed E-state index contributed by atoms with van der Waals surface area (Å²) in [5, 5.41) is 8.06. The van der Waals surface area contributed by atoms with Gasteiger partial charge in [-0.15, -0.1) is 10.2 Å². The van der Waals surface area contributed by atoms with Crippen molar-refractivity contribution < 1.29 is 26.3 Å². The van der Waals surface area contributed by atoms with Crippen LogP contribution < -0.4 is 0 Å². The molecule has 0 saturated heterocycles. The average Bonchev–Trinajstić information content (AvgIpc) is 3.16. The van der Waals surface area contributed by atoms with Crippen LogP contribution in [0.5, 0.6) is 0 Å². The molecule has 0 amide bonds. The normalized spacial score (nSPS) is 12.4. The Morgan fingerprint density at radius 1 is 0.829 bits per heavy atom. The largest absolute Gasteiger partial charge is 0.416 e. The third kappa shape index (κ3) is 5.59. The Hall–Kier alpha value is -3.95. The van der Waals surface area contributed by atoms with Crippen LogP contribution in [0.3, 0.4) is 0 Å². The van der Waals surface area contributed by atoms with Gasteiger partial charge in [0.15, 0.2) is 5.82 Å². The van der Waals surface area contributed by atoms with Crippen molar-refractivity contribution in [2.75, 3.05) is 0 Å². The van der Waals surface area contributed by atoms with Gasteiger partial charge in [-0.05, 0) is 59.5 Å². The van der Waals surface area contributed by atoms with Crippen molar-refractivity contribution in [1.82, 2.24) is 19.7 Å². The lowest BCUT2D eigenvalue weighted by Crippen LogP contribution is -2.11. The van der Waals surface area contributed by atoms with E-state index in [-0.39, 0.29) is 17.5 Å². The van der Waals surface area contributed by atoms with E-state index in [0.29, 0.717) is 24.5 Å². The maximum atomic E-state index is 13.2. The Kier molecular flexibility index (Phi) is 6.47. The van der Waals surface area contributed by atoms with Gasteiger partial charge in [0.2, 0.25) is 0 Å². The monoisotopic (exact) mass is 488 g/mol. The van der Waals surface area contributed by atoms with E-state index < -0.39 is 23.5 Å². The summed E-state index contributed by atoms with van der Waals surface area (Å²) in [4.78, 5) is 4.18. The molecular weight excluding hydrogens is 470 g/mol. The molecule has 0 aliphatic carbocycles. The van der Waals surface area contributed by atoms with Crippen LogP contribution >= 0.6 is 0 Å². The number of aromatic nitrogens is 4. The fourth-order valence-corrected chi connectivity index (χ4v) is 3.58. The Morgan fingerprint density at radius 2 is 1.49 bits per heavy atom. The molecule has 0 fully saturated rings. The summed E-state index contributed by atoms with van der Waals surface area (Å²) in [6, 6.07) is 12.9.